The fraction of sp³-hybridized carbons (Fsp3) is 0.600. The van der Waals surface area contributed by atoms with E-state index in [1.165, 1.54) is 0 Å². The van der Waals surface area contributed by atoms with E-state index >= 15 is 0 Å². The summed E-state index contributed by atoms with van der Waals surface area (Å²) in [4.78, 5) is 0. The van der Waals surface area contributed by atoms with Crippen LogP contribution < -0.4 is 5.73 Å². The van der Waals surface area contributed by atoms with Crippen LogP contribution in [0, 0.1) is 5.92 Å². The lowest BCUT2D eigenvalue weighted by molar-refractivity contribution is 0.361. The van der Waals surface area contributed by atoms with Crippen LogP contribution >= 0.6 is 0 Å². The monoisotopic (exact) mass is 298 g/mol. The molecule has 4 nitrogen and oxygen atoms in total. The van der Waals surface area contributed by atoms with Crippen LogP contribution in [0.4, 0.5) is 0 Å². The summed E-state index contributed by atoms with van der Waals surface area (Å²) in [6, 6.07) is 7.46. The zero-order valence-corrected chi connectivity index (χ0v) is 13.5. The van der Waals surface area contributed by atoms with Gasteiger partial charge in [-0.3, -0.25) is 0 Å². The molecule has 1 rings (SSSR count). The van der Waals surface area contributed by atoms with E-state index < -0.39 is 10.0 Å². The molecule has 0 saturated heterocycles. The third kappa shape index (κ3) is 4.89. The van der Waals surface area contributed by atoms with Gasteiger partial charge in [0.25, 0.3) is 0 Å². The van der Waals surface area contributed by atoms with E-state index in [4.69, 9.17) is 5.73 Å². The molecule has 0 radical (unpaired) electrons. The van der Waals surface area contributed by atoms with Gasteiger partial charge in [0.1, 0.15) is 0 Å². The number of benzene rings is 1. The molecular formula is C15H26N2O2S. The first-order valence-electron chi connectivity index (χ1n) is 7.18. The lowest BCUT2D eigenvalue weighted by Gasteiger charge is -2.23. The summed E-state index contributed by atoms with van der Waals surface area (Å²) < 4.78 is 26.5. The van der Waals surface area contributed by atoms with Gasteiger partial charge < -0.3 is 5.73 Å². The van der Waals surface area contributed by atoms with E-state index in [2.05, 4.69) is 13.8 Å². The fourth-order valence-electron chi connectivity index (χ4n) is 1.99. The van der Waals surface area contributed by atoms with Crippen molar-refractivity contribution < 1.29 is 8.42 Å². The first-order chi connectivity index (χ1) is 9.42. The Kier molecular flexibility index (Phi) is 6.65. The van der Waals surface area contributed by atoms with Gasteiger partial charge in [0.15, 0.2) is 0 Å². The van der Waals surface area contributed by atoms with Crippen molar-refractivity contribution in [1.29, 1.82) is 0 Å². The van der Waals surface area contributed by atoms with Crippen LogP contribution in [0.15, 0.2) is 24.3 Å². The molecule has 0 bridgehead atoms. The Hall–Kier alpha value is -0.910. The molecule has 0 heterocycles. The highest BCUT2D eigenvalue weighted by molar-refractivity contribution is 7.88. The number of nitrogens with two attached hydrogens (primary N) is 1. The molecule has 2 N–H and O–H groups in total. The third-order valence-corrected chi connectivity index (χ3v) is 5.46. The van der Waals surface area contributed by atoms with E-state index in [0.717, 1.165) is 17.5 Å². The molecule has 0 aliphatic heterocycles. The molecule has 0 aliphatic carbocycles. The first kappa shape index (κ1) is 17.1. The topological polar surface area (TPSA) is 63.4 Å². The van der Waals surface area contributed by atoms with Crippen molar-refractivity contribution in [2.75, 3.05) is 13.1 Å². The summed E-state index contributed by atoms with van der Waals surface area (Å²) in [5, 5.41) is 0. The molecule has 0 spiro atoms. The average molecular weight is 298 g/mol. The zero-order chi connectivity index (χ0) is 15.2. The van der Waals surface area contributed by atoms with Crippen LogP contribution in [0.5, 0.6) is 0 Å². The van der Waals surface area contributed by atoms with Gasteiger partial charge in [-0.05, 0) is 17.0 Å². The molecule has 0 saturated carbocycles. The molecule has 1 aromatic carbocycles. The number of nitrogens with zero attached hydrogens (tertiary/aromatic N) is 1. The number of sulfonamides is 1. The summed E-state index contributed by atoms with van der Waals surface area (Å²) >= 11 is 0. The summed E-state index contributed by atoms with van der Waals surface area (Å²) in [6.45, 7) is 7.63. The van der Waals surface area contributed by atoms with E-state index in [9.17, 15) is 8.42 Å². The van der Waals surface area contributed by atoms with Crippen molar-refractivity contribution in [2.45, 2.75) is 39.5 Å². The van der Waals surface area contributed by atoms with Gasteiger partial charge in [-0.15, -0.1) is 0 Å². The molecular weight excluding hydrogens is 272 g/mol. The summed E-state index contributed by atoms with van der Waals surface area (Å²) in [6.07, 6.45) is 0.983. The SMILES string of the molecule is CCC(C)CN(CC)S(=O)(=O)Cc1ccc(CN)cc1. The predicted molar refractivity (Wildman–Crippen MR) is 83.7 cm³/mol. The molecule has 1 aromatic rings. The van der Waals surface area contributed by atoms with Crippen molar-refractivity contribution in [3.8, 4) is 0 Å². The fourth-order valence-corrected chi connectivity index (χ4v) is 3.66. The van der Waals surface area contributed by atoms with Crippen LogP contribution in [0.25, 0.3) is 0 Å². The molecule has 114 valence electrons. The highest BCUT2D eigenvalue weighted by Crippen LogP contribution is 2.14. The average Bonchev–Trinajstić information content (AvgIpc) is 2.44. The highest BCUT2D eigenvalue weighted by atomic mass is 32.2. The van der Waals surface area contributed by atoms with Crippen molar-refractivity contribution in [2.24, 2.45) is 11.7 Å². The van der Waals surface area contributed by atoms with Crippen molar-refractivity contribution in [3.05, 3.63) is 35.4 Å². The summed E-state index contributed by atoms with van der Waals surface area (Å²) in [5.74, 6) is 0.437. The van der Waals surface area contributed by atoms with Crippen LogP contribution in [-0.4, -0.2) is 25.8 Å². The minimum absolute atomic E-state index is 0.0577. The molecule has 1 atom stereocenters. The second kappa shape index (κ2) is 7.76. The highest BCUT2D eigenvalue weighted by Gasteiger charge is 2.22. The number of rotatable bonds is 8. The molecule has 20 heavy (non-hydrogen) atoms. The van der Waals surface area contributed by atoms with Crippen LogP contribution in [0.3, 0.4) is 0 Å². The molecule has 0 amide bonds. The van der Waals surface area contributed by atoms with Gasteiger partial charge in [-0.1, -0.05) is 51.5 Å². The van der Waals surface area contributed by atoms with E-state index in [1.807, 2.05) is 31.2 Å². The maximum atomic E-state index is 12.4. The normalized spacial score (nSPS) is 13.7. The summed E-state index contributed by atoms with van der Waals surface area (Å²) in [7, 11) is -3.25. The second-order valence-electron chi connectivity index (χ2n) is 5.24. The van der Waals surface area contributed by atoms with Gasteiger partial charge in [0.2, 0.25) is 10.0 Å². The van der Waals surface area contributed by atoms with E-state index in [-0.39, 0.29) is 5.75 Å². The van der Waals surface area contributed by atoms with Crippen molar-refractivity contribution in [3.63, 3.8) is 0 Å². The Morgan fingerprint density at radius 2 is 1.70 bits per heavy atom. The van der Waals surface area contributed by atoms with Crippen LogP contribution in [0.2, 0.25) is 0 Å². The Labute approximate surface area is 123 Å². The Balaban J connectivity index is 2.80. The van der Waals surface area contributed by atoms with Gasteiger partial charge in [-0.2, -0.15) is 0 Å². The number of hydrogen-bond acceptors (Lipinski definition) is 3. The minimum Gasteiger partial charge on any atom is -0.326 e. The predicted octanol–water partition coefficient (Wildman–Crippen LogP) is 2.34. The smallest absolute Gasteiger partial charge is 0.218 e. The van der Waals surface area contributed by atoms with Crippen molar-refractivity contribution in [1.82, 2.24) is 4.31 Å². The van der Waals surface area contributed by atoms with E-state index in [1.54, 1.807) is 4.31 Å². The molecule has 1 unspecified atom stereocenters. The maximum absolute atomic E-state index is 12.4. The van der Waals surface area contributed by atoms with Gasteiger partial charge in [-0.25, -0.2) is 12.7 Å². The third-order valence-electron chi connectivity index (χ3n) is 3.57. The maximum Gasteiger partial charge on any atom is 0.218 e. The van der Waals surface area contributed by atoms with Gasteiger partial charge in [0, 0.05) is 19.6 Å². The van der Waals surface area contributed by atoms with Gasteiger partial charge >= 0.3 is 0 Å². The van der Waals surface area contributed by atoms with Crippen LogP contribution in [-0.2, 0) is 22.3 Å². The molecule has 0 aromatic heterocycles. The Morgan fingerprint density at radius 1 is 1.15 bits per heavy atom. The van der Waals surface area contributed by atoms with E-state index in [0.29, 0.717) is 25.6 Å². The lowest BCUT2D eigenvalue weighted by atomic mass is 10.1. The quantitative estimate of drug-likeness (QED) is 0.801. The molecule has 0 aliphatic rings. The largest absolute Gasteiger partial charge is 0.326 e. The van der Waals surface area contributed by atoms with Gasteiger partial charge in [0.05, 0.1) is 5.75 Å². The molecule has 0 fully saturated rings. The molecule has 5 heteroatoms. The van der Waals surface area contributed by atoms with Crippen LogP contribution in [0.1, 0.15) is 38.3 Å². The Bertz CT molecular complexity index is 497. The minimum atomic E-state index is -3.25. The van der Waals surface area contributed by atoms with Crippen molar-refractivity contribution >= 4 is 10.0 Å². The number of hydrogen-bond donors (Lipinski definition) is 1. The Morgan fingerprint density at radius 3 is 2.15 bits per heavy atom. The standard InChI is InChI=1S/C15H26N2O2S/c1-4-13(3)11-17(5-2)20(18,19)12-15-8-6-14(10-16)7-9-15/h6-9,13H,4-5,10-12,16H2,1-3H3. The lowest BCUT2D eigenvalue weighted by Crippen LogP contribution is -2.35. The second-order valence-corrected chi connectivity index (χ2v) is 7.21. The summed E-state index contributed by atoms with van der Waals surface area (Å²) in [5.41, 5.74) is 7.36. The zero-order valence-electron chi connectivity index (χ0n) is 12.7. The first-order valence-corrected chi connectivity index (χ1v) is 8.79.